The number of carbonyl (C=O) groups excluding carboxylic acids is 2. The number of methoxy groups -OCH3 is 1. The van der Waals surface area contributed by atoms with Crippen molar-refractivity contribution < 1.29 is 14.3 Å². The normalized spacial score (nSPS) is 10.9. The number of anilines is 1. The van der Waals surface area contributed by atoms with Gasteiger partial charge in [0.25, 0.3) is 5.91 Å². The molecule has 0 aliphatic heterocycles. The molecule has 4 rings (SSSR count). The molecule has 30 heavy (non-hydrogen) atoms. The molecular weight excluding hydrogens is 380 g/mol. The molecule has 2 heterocycles. The maximum atomic E-state index is 12.7. The zero-order valence-corrected chi connectivity index (χ0v) is 17.2. The van der Waals surface area contributed by atoms with Crippen LogP contribution in [-0.2, 0) is 11.8 Å². The van der Waals surface area contributed by atoms with Gasteiger partial charge in [-0.3, -0.25) is 4.79 Å². The number of amides is 1. The van der Waals surface area contributed by atoms with Crippen molar-refractivity contribution in [1.29, 1.82) is 0 Å². The number of aromatic amines is 1. The lowest BCUT2D eigenvalue weighted by Gasteiger charge is -2.07. The highest BCUT2D eigenvalue weighted by atomic mass is 16.5. The number of para-hydroxylation sites is 2. The second kappa shape index (κ2) is 7.51. The van der Waals surface area contributed by atoms with Gasteiger partial charge in [0.05, 0.1) is 23.7 Å². The fraction of sp³-hybridized carbons (Fsp3) is 0.174. The van der Waals surface area contributed by atoms with Crippen molar-refractivity contribution in [3.63, 3.8) is 0 Å². The molecule has 2 aromatic heterocycles. The van der Waals surface area contributed by atoms with Crippen molar-refractivity contribution in [2.24, 2.45) is 7.05 Å². The van der Waals surface area contributed by atoms with E-state index >= 15 is 0 Å². The van der Waals surface area contributed by atoms with E-state index in [0.29, 0.717) is 28.2 Å². The Labute approximate surface area is 173 Å². The first kappa shape index (κ1) is 19.4. The number of nitrogens with zero attached hydrogens (tertiary/aromatic N) is 2. The standard InChI is InChI=1S/C23H22N4O3/c1-13-19(23(29)30-4)14(2)24-20(13)22(28)25-16-11-9-15(10-12-16)21-26-17-7-5-6-8-18(17)27(21)3/h5-12,24H,1-4H3,(H,25,28). The number of aromatic nitrogens is 3. The lowest BCUT2D eigenvalue weighted by atomic mass is 10.1. The molecule has 0 aliphatic carbocycles. The van der Waals surface area contributed by atoms with Crippen LogP contribution in [0, 0.1) is 13.8 Å². The lowest BCUT2D eigenvalue weighted by molar-refractivity contribution is 0.0599. The van der Waals surface area contributed by atoms with Crippen molar-refractivity contribution in [3.05, 3.63) is 71.0 Å². The second-order valence-corrected chi connectivity index (χ2v) is 7.13. The number of aryl methyl sites for hydroxylation is 2. The Kier molecular flexibility index (Phi) is 4.87. The van der Waals surface area contributed by atoms with Gasteiger partial charge in [0.15, 0.2) is 0 Å². The summed E-state index contributed by atoms with van der Waals surface area (Å²) < 4.78 is 6.84. The van der Waals surface area contributed by atoms with Crippen LogP contribution >= 0.6 is 0 Å². The monoisotopic (exact) mass is 402 g/mol. The van der Waals surface area contributed by atoms with E-state index in [4.69, 9.17) is 9.72 Å². The second-order valence-electron chi connectivity index (χ2n) is 7.13. The zero-order chi connectivity index (χ0) is 21.4. The number of ether oxygens (including phenoxy) is 1. The number of fused-ring (bicyclic) bond motifs is 1. The smallest absolute Gasteiger partial charge is 0.339 e. The predicted octanol–water partition coefficient (Wildman–Crippen LogP) is 4.22. The minimum Gasteiger partial charge on any atom is -0.465 e. The third-order valence-corrected chi connectivity index (χ3v) is 5.24. The van der Waals surface area contributed by atoms with E-state index in [9.17, 15) is 9.59 Å². The van der Waals surface area contributed by atoms with Gasteiger partial charge in [-0.1, -0.05) is 12.1 Å². The number of hydrogen-bond acceptors (Lipinski definition) is 4. The molecule has 0 saturated carbocycles. The molecule has 7 heteroatoms. The molecule has 152 valence electrons. The van der Waals surface area contributed by atoms with Gasteiger partial charge in [-0.2, -0.15) is 0 Å². The Bertz CT molecular complexity index is 1270. The van der Waals surface area contributed by atoms with Gasteiger partial charge in [-0.25, -0.2) is 9.78 Å². The zero-order valence-electron chi connectivity index (χ0n) is 17.2. The average Bonchev–Trinajstić information content (AvgIpc) is 3.24. The Morgan fingerprint density at radius 3 is 2.43 bits per heavy atom. The first-order valence-electron chi connectivity index (χ1n) is 9.51. The first-order valence-corrected chi connectivity index (χ1v) is 9.51. The van der Waals surface area contributed by atoms with E-state index < -0.39 is 5.97 Å². The highest BCUT2D eigenvalue weighted by Crippen LogP contribution is 2.25. The highest BCUT2D eigenvalue weighted by molar-refractivity contribution is 6.06. The summed E-state index contributed by atoms with van der Waals surface area (Å²) in [5.41, 5.74) is 5.48. The molecule has 0 fully saturated rings. The molecule has 0 saturated heterocycles. The molecule has 0 unspecified atom stereocenters. The summed E-state index contributed by atoms with van der Waals surface area (Å²) in [6, 6.07) is 15.5. The summed E-state index contributed by atoms with van der Waals surface area (Å²) in [4.78, 5) is 32.3. The minimum atomic E-state index is -0.466. The molecule has 4 aromatic rings. The van der Waals surface area contributed by atoms with E-state index in [1.165, 1.54) is 7.11 Å². The van der Waals surface area contributed by atoms with Gasteiger partial charge in [-0.05, 0) is 55.8 Å². The van der Waals surface area contributed by atoms with Crippen molar-refractivity contribution in [2.75, 3.05) is 12.4 Å². The largest absolute Gasteiger partial charge is 0.465 e. The number of H-pyrrole nitrogens is 1. The quantitative estimate of drug-likeness (QED) is 0.500. The van der Waals surface area contributed by atoms with E-state index in [1.54, 1.807) is 13.8 Å². The van der Waals surface area contributed by atoms with Crippen LogP contribution in [-0.4, -0.2) is 33.5 Å². The number of nitrogens with one attached hydrogen (secondary N) is 2. The maximum absolute atomic E-state index is 12.7. The fourth-order valence-corrected chi connectivity index (χ4v) is 3.69. The van der Waals surface area contributed by atoms with Crippen LogP contribution < -0.4 is 5.32 Å². The minimum absolute atomic E-state index is 0.318. The summed E-state index contributed by atoms with van der Waals surface area (Å²) in [5, 5.41) is 2.87. The summed E-state index contributed by atoms with van der Waals surface area (Å²) in [6.45, 7) is 3.46. The van der Waals surface area contributed by atoms with Crippen molar-refractivity contribution >= 4 is 28.6 Å². The van der Waals surface area contributed by atoms with E-state index in [-0.39, 0.29) is 5.91 Å². The molecule has 0 spiro atoms. The number of benzene rings is 2. The van der Waals surface area contributed by atoms with Crippen LogP contribution in [0.15, 0.2) is 48.5 Å². The van der Waals surface area contributed by atoms with E-state index in [0.717, 1.165) is 22.4 Å². The molecule has 7 nitrogen and oxygen atoms in total. The molecule has 0 radical (unpaired) electrons. The van der Waals surface area contributed by atoms with Crippen LogP contribution in [0.25, 0.3) is 22.4 Å². The summed E-state index contributed by atoms with van der Waals surface area (Å²) >= 11 is 0. The van der Waals surface area contributed by atoms with Crippen LogP contribution in [0.4, 0.5) is 5.69 Å². The predicted molar refractivity (Wildman–Crippen MR) is 116 cm³/mol. The molecule has 2 aromatic carbocycles. The van der Waals surface area contributed by atoms with Crippen LogP contribution in [0.5, 0.6) is 0 Å². The summed E-state index contributed by atoms with van der Waals surface area (Å²) in [6.07, 6.45) is 0. The van der Waals surface area contributed by atoms with Crippen molar-refractivity contribution in [1.82, 2.24) is 14.5 Å². The van der Waals surface area contributed by atoms with Crippen LogP contribution in [0.2, 0.25) is 0 Å². The number of rotatable bonds is 4. The first-order chi connectivity index (χ1) is 14.4. The van der Waals surface area contributed by atoms with Crippen LogP contribution in [0.3, 0.4) is 0 Å². The number of esters is 1. The summed E-state index contributed by atoms with van der Waals surface area (Å²) in [5.74, 6) is 0.0703. The van der Waals surface area contributed by atoms with Gasteiger partial charge >= 0.3 is 5.97 Å². The van der Waals surface area contributed by atoms with Gasteiger partial charge in [0, 0.05) is 24.0 Å². The Morgan fingerprint density at radius 2 is 1.77 bits per heavy atom. The average molecular weight is 402 g/mol. The Balaban J connectivity index is 1.57. The molecule has 0 atom stereocenters. The molecule has 2 N–H and O–H groups in total. The number of hydrogen-bond donors (Lipinski definition) is 2. The number of carbonyl (C=O) groups is 2. The Morgan fingerprint density at radius 1 is 1.07 bits per heavy atom. The summed E-state index contributed by atoms with van der Waals surface area (Å²) in [7, 11) is 3.30. The van der Waals surface area contributed by atoms with Crippen molar-refractivity contribution in [2.45, 2.75) is 13.8 Å². The van der Waals surface area contributed by atoms with Crippen LogP contribution in [0.1, 0.15) is 32.1 Å². The molecule has 1 amide bonds. The van der Waals surface area contributed by atoms with Gasteiger partial charge in [0.1, 0.15) is 11.5 Å². The number of imidazole rings is 1. The van der Waals surface area contributed by atoms with E-state index in [1.807, 2.05) is 60.1 Å². The fourth-order valence-electron chi connectivity index (χ4n) is 3.69. The SMILES string of the molecule is COC(=O)c1c(C)[nH]c(C(=O)Nc2ccc(-c3nc4ccccc4n3C)cc2)c1C. The van der Waals surface area contributed by atoms with Gasteiger partial charge in [-0.15, -0.1) is 0 Å². The van der Waals surface area contributed by atoms with Crippen molar-refractivity contribution in [3.8, 4) is 11.4 Å². The van der Waals surface area contributed by atoms with Gasteiger partial charge < -0.3 is 19.6 Å². The Hall–Kier alpha value is -3.87. The lowest BCUT2D eigenvalue weighted by Crippen LogP contribution is -2.14. The van der Waals surface area contributed by atoms with Gasteiger partial charge in [0.2, 0.25) is 0 Å². The molecule has 0 aliphatic rings. The molecule has 0 bridgehead atoms. The topological polar surface area (TPSA) is 89.0 Å². The molecular formula is C23H22N4O3. The third kappa shape index (κ3) is 3.24. The highest BCUT2D eigenvalue weighted by Gasteiger charge is 2.22. The maximum Gasteiger partial charge on any atom is 0.339 e. The third-order valence-electron chi connectivity index (χ3n) is 5.24. The van der Waals surface area contributed by atoms with E-state index in [2.05, 4.69) is 10.3 Å².